The smallest absolute Gasteiger partial charge is 0.00509 e. The molecule has 0 aromatic rings. The van der Waals surface area contributed by atoms with Crippen molar-refractivity contribution < 1.29 is 0 Å². The van der Waals surface area contributed by atoms with Gasteiger partial charge in [0.2, 0.25) is 0 Å². The minimum Gasteiger partial charge on any atom is -0.328 e. The lowest BCUT2D eigenvalue weighted by atomic mass is 9.77. The molecule has 0 amide bonds. The molecule has 2 N–H and O–H groups in total. The van der Waals surface area contributed by atoms with Gasteiger partial charge in [0.25, 0.3) is 0 Å². The van der Waals surface area contributed by atoms with Crippen molar-refractivity contribution in [2.45, 2.75) is 72.3 Å². The van der Waals surface area contributed by atoms with Crippen LogP contribution in [0.3, 0.4) is 0 Å². The standard InChI is InChI=1S/C16H34N2/c1-5-7-15(17)10-13-18-11-6-8-14(9-12-18)16(2,3)4/h14-15H,5-13,17H2,1-4H3. The van der Waals surface area contributed by atoms with Crippen LogP contribution < -0.4 is 5.73 Å². The zero-order valence-corrected chi connectivity index (χ0v) is 13.0. The van der Waals surface area contributed by atoms with E-state index < -0.39 is 0 Å². The zero-order chi connectivity index (χ0) is 13.6. The van der Waals surface area contributed by atoms with E-state index in [0.29, 0.717) is 11.5 Å². The maximum absolute atomic E-state index is 6.11. The fourth-order valence-electron chi connectivity index (χ4n) is 3.11. The SMILES string of the molecule is CCCC(N)CCN1CCCC(C(C)(C)C)CC1. The van der Waals surface area contributed by atoms with Crippen LogP contribution in [0.15, 0.2) is 0 Å². The summed E-state index contributed by atoms with van der Waals surface area (Å²) in [4.78, 5) is 2.64. The first kappa shape index (κ1) is 16.0. The summed E-state index contributed by atoms with van der Waals surface area (Å²) in [5.74, 6) is 0.895. The first-order valence-electron chi connectivity index (χ1n) is 7.91. The Morgan fingerprint density at radius 3 is 2.50 bits per heavy atom. The zero-order valence-electron chi connectivity index (χ0n) is 13.0. The molecule has 1 aliphatic rings. The van der Waals surface area contributed by atoms with Crippen LogP contribution in [0, 0.1) is 11.3 Å². The summed E-state index contributed by atoms with van der Waals surface area (Å²) in [6, 6.07) is 0.414. The van der Waals surface area contributed by atoms with E-state index in [0.717, 1.165) is 5.92 Å². The molecule has 0 aromatic carbocycles. The molecule has 1 aliphatic heterocycles. The number of rotatable bonds is 5. The molecule has 2 heteroatoms. The lowest BCUT2D eigenvalue weighted by Gasteiger charge is -2.30. The first-order valence-corrected chi connectivity index (χ1v) is 7.91. The van der Waals surface area contributed by atoms with Gasteiger partial charge in [-0.15, -0.1) is 0 Å². The Labute approximate surface area is 114 Å². The highest BCUT2D eigenvalue weighted by atomic mass is 15.1. The Morgan fingerprint density at radius 1 is 1.17 bits per heavy atom. The van der Waals surface area contributed by atoms with Gasteiger partial charge in [-0.05, 0) is 63.1 Å². The van der Waals surface area contributed by atoms with Crippen molar-refractivity contribution in [3.8, 4) is 0 Å². The molecule has 18 heavy (non-hydrogen) atoms. The highest BCUT2D eigenvalue weighted by Crippen LogP contribution is 2.34. The number of nitrogens with zero attached hydrogens (tertiary/aromatic N) is 1. The molecule has 0 spiro atoms. The van der Waals surface area contributed by atoms with E-state index in [9.17, 15) is 0 Å². The molecular weight excluding hydrogens is 220 g/mol. The normalized spacial score (nSPS) is 24.8. The van der Waals surface area contributed by atoms with E-state index in [4.69, 9.17) is 5.73 Å². The summed E-state index contributed by atoms with van der Waals surface area (Å²) in [6.07, 6.45) is 7.71. The molecule has 1 heterocycles. The quantitative estimate of drug-likeness (QED) is 0.811. The second-order valence-corrected chi connectivity index (χ2v) is 7.17. The van der Waals surface area contributed by atoms with Gasteiger partial charge in [-0.2, -0.15) is 0 Å². The monoisotopic (exact) mass is 254 g/mol. The molecule has 2 atom stereocenters. The molecule has 0 saturated carbocycles. The van der Waals surface area contributed by atoms with Gasteiger partial charge in [0.1, 0.15) is 0 Å². The Bertz CT molecular complexity index is 220. The van der Waals surface area contributed by atoms with Gasteiger partial charge in [-0.25, -0.2) is 0 Å². The molecule has 2 unspecified atom stereocenters. The summed E-state index contributed by atoms with van der Waals surface area (Å²) in [7, 11) is 0. The van der Waals surface area contributed by atoms with Crippen molar-refractivity contribution in [2.24, 2.45) is 17.1 Å². The van der Waals surface area contributed by atoms with Gasteiger partial charge in [0.05, 0.1) is 0 Å². The maximum atomic E-state index is 6.11. The van der Waals surface area contributed by atoms with Crippen LogP contribution in [0.5, 0.6) is 0 Å². The van der Waals surface area contributed by atoms with Crippen LogP contribution in [-0.4, -0.2) is 30.6 Å². The minimum atomic E-state index is 0.414. The first-order chi connectivity index (χ1) is 8.43. The molecule has 0 radical (unpaired) electrons. The third-order valence-electron chi connectivity index (χ3n) is 4.52. The lowest BCUT2D eigenvalue weighted by Crippen LogP contribution is -2.31. The number of hydrogen-bond donors (Lipinski definition) is 1. The number of hydrogen-bond acceptors (Lipinski definition) is 2. The Balaban J connectivity index is 2.29. The molecule has 1 rings (SSSR count). The summed E-state index contributed by atoms with van der Waals surface area (Å²) < 4.78 is 0. The second kappa shape index (κ2) is 7.49. The van der Waals surface area contributed by atoms with Crippen molar-refractivity contribution in [3.05, 3.63) is 0 Å². The van der Waals surface area contributed by atoms with Crippen molar-refractivity contribution >= 4 is 0 Å². The number of nitrogens with two attached hydrogens (primary N) is 1. The van der Waals surface area contributed by atoms with Crippen LogP contribution in [-0.2, 0) is 0 Å². The summed E-state index contributed by atoms with van der Waals surface area (Å²) in [5, 5.41) is 0. The third kappa shape index (κ3) is 5.71. The van der Waals surface area contributed by atoms with E-state index in [1.165, 1.54) is 58.2 Å². The molecule has 1 saturated heterocycles. The third-order valence-corrected chi connectivity index (χ3v) is 4.52. The average Bonchev–Trinajstić information content (AvgIpc) is 2.51. The molecule has 0 aliphatic carbocycles. The van der Waals surface area contributed by atoms with E-state index >= 15 is 0 Å². The maximum Gasteiger partial charge on any atom is 0.00509 e. The summed E-state index contributed by atoms with van der Waals surface area (Å²) >= 11 is 0. The fraction of sp³-hybridized carbons (Fsp3) is 1.00. The molecule has 108 valence electrons. The van der Waals surface area contributed by atoms with Crippen LogP contribution in [0.4, 0.5) is 0 Å². The van der Waals surface area contributed by atoms with Crippen LogP contribution in [0.1, 0.15) is 66.2 Å². The van der Waals surface area contributed by atoms with E-state index in [1.807, 2.05) is 0 Å². The minimum absolute atomic E-state index is 0.414. The fourth-order valence-corrected chi connectivity index (χ4v) is 3.11. The van der Waals surface area contributed by atoms with Gasteiger partial charge < -0.3 is 10.6 Å². The van der Waals surface area contributed by atoms with Crippen LogP contribution >= 0.6 is 0 Å². The molecule has 2 nitrogen and oxygen atoms in total. The van der Waals surface area contributed by atoms with Crippen LogP contribution in [0.25, 0.3) is 0 Å². The average molecular weight is 254 g/mol. The van der Waals surface area contributed by atoms with E-state index in [-0.39, 0.29) is 0 Å². The largest absolute Gasteiger partial charge is 0.328 e. The molecule has 0 bridgehead atoms. The highest BCUT2D eigenvalue weighted by molar-refractivity contribution is 4.79. The molecule has 0 aromatic heterocycles. The predicted octanol–water partition coefficient (Wildman–Crippen LogP) is 3.65. The lowest BCUT2D eigenvalue weighted by molar-refractivity contribution is 0.206. The van der Waals surface area contributed by atoms with Crippen molar-refractivity contribution in [3.63, 3.8) is 0 Å². The predicted molar refractivity (Wildman–Crippen MR) is 80.7 cm³/mol. The highest BCUT2D eigenvalue weighted by Gasteiger charge is 2.26. The van der Waals surface area contributed by atoms with Crippen molar-refractivity contribution in [1.82, 2.24) is 4.90 Å². The number of likely N-dealkylation sites (tertiary alicyclic amines) is 1. The Hall–Kier alpha value is -0.0800. The van der Waals surface area contributed by atoms with Gasteiger partial charge in [-0.3, -0.25) is 0 Å². The van der Waals surface area contributed by atoms with Gasteiger partial charge >= 0.3 is 0 Å². The van der Waals surface area contributed by atoms with Gasteiger partial charge in [-0.1, -0.05) is 34.1 Å². The molecular formula is C16H34N2. The van der Waals surface area contributed by atoms with Gasteiger partial charge in [0.15, 0.2) is 0 Å². The van der Waals surface area contributed by atoms with Gasteiger partial charge in [0, 0.05) is 6.04 Å². The van der Waals surface area contributed by atoms with Crippen molar-refractivity contribution in [1.29, 1.82) is 0 Å². The molecule has 1 fully saturated rings. The van der Waals surface area contributed by atoms with Crippen LogP contribution in [0.2, 0.25) is 0 Å². The second-order valence-electron chi connectivity index (χ2n) is 7.17. The topological polar surface area (TPSA) is 29.3 Å². The Morgan fingerprint density at radius 2 is 1.89 bits per heavy atom. The van der Waals surface area contributed by atoms with E-state index in [1.54, 1.807) is 0 Å². The summed E-state index contributed by atoms with van der Waals surface area (Å²) in [6.45, 7) is 13.2. The van der Waals surface area contributed by atoms with E-state index in [2.05, 4.69) is 32.6 Å². The Kier molecular flexibility index (Phi) is 6.65. The summed E-state index contributed by atoms with van der Waals surface area (Å²) in [5.41, 5.74) is 6.59. The van der Waals surface area contributed by atoms with Crippen molar-refractivity contribution in [2.75, 3.05) is 19.6 Å².